The van der Waals surface area contributed by atoms with E-state index >= 15 is 0 Å². The Morgan fingerprint density at radius 1 is 1.57 bits per heavy atom. The standard InChI is InChI=1S/C15H26N4O2/c1-3-21-14(8-16)11-19-15(20)7-13(9-17-19)18-6-4-5-12(2)10-18/h7,9,12,14H,3-6,8,10-11,16H2,1-2H3. The van der Waals surface area contributed by atoms with Gasteiger partial charge in [0.2, 0.25) is 0 Å². The van der Waals surface area contributed by atoms with E-state index in [1.165, 1.54) is 17.5 Å². The molecule has 2 heterocycles. The third-order valence-corrected chi connectivity index (χ3v) is 3.92. The average Bonchev–Trinajstić information content (AvgIpc) is 2.48. The van der Waals surface area contributed by atoms with Crippen LogP contribution in [-0.2, 0) is 11.3 Å². The summed E-state index contributed by atoms with van der Waals surface area (Å²) in [6.07, 6.45) is 4.04. The maximum atomic E-state index is 12.2. The van der Waals surface area contributed by atoms with Gasteiger partial charge in [-0.1, -0.05) is 6.92 Å². The second-order valence-corrected chi connectivity index (χ2v) is 5.74. The molecular weight excluding hydrogens is 268 g/mol. The second-order valence-electron chi connectivity index (χ2n) is 5.74. The lowest BCUT2D eigenvalue weighted by molar-refractivity contribution is 0.0531. The lowest BCUT2D eigenvalue weighted by atomic mass is 10.00. The molecule has 1 aliphatic rings. The first-order valence-electron chi connectivity index (χ1n) is 7.77. The van der Waals surface area contributed by atoms with E-state index in [4.69, 9.17) is 10.5 Å². The number of hydrogen-bond acceptors (Lipinski definition) is 5. The Hall–Kier alpha value is -1.40. The first-order chi connectivity index (χ1) is 10.1. The van der Waals surface area contributed by atoms with Crippen LogP contribution in [0.5, 0.6) is 0 Å². The van der Waals surface area contributed by atoms with Crippen molar-refractivity contribution in [1.82, 2.24) is 9.78 Å². The van der Waals surface area contributed by atoms with Crippen LogP contribution in [0.1, 0.15) is 26.7 Å². The summed E-state index contributed by atoms with van der Waals surface area (Å²) in [6.45, 7) is 7.52. The highest BCUT2D eigenvalue weighted by molar-refractivity contribution is 5.43. The topological polar surface area (TPSA) is 73.4 Å². The van der Waals surface area contributed by atoms with Gasteiger partial charge in [0.15, 0.2) is 0 Å². The maximum Gasteiger partial charge on any atom is 0.268 e. The molecule has 0 radical (unpaired) electrons. The maximum absolute atomic E-state index is 12.2. The molecule has 0 spiro atoms. The predicted molar refractivity (Wildman–Crippen MR) is 83.6 cm³/mol. The molecule has 6 nitrogen and oxygen atoms in total. The zero-order chi connectivity index (χ0) is 15.2. The molecule has 1 saturated heterocycles. The lowest BCUT2D eigenvalue weighted by Crippen LogP contribution is -2.37. The van der Waals surface area contributed by atoms with Crippen molar-refractivity contribution < 1.29 is 4.74 Å². The summed E-state index contributed by atoms with van der Waals surface area (Å²) >= 11 is 0. The summed E-state index contributed by atoms with van der Waals surface area (Å²) < 4.78 is 6.91. The number of rotatable bonds is 6. The van der Waals surface area contributed by atoms with Gasteiger partial charge in [0.05, 0.1) is 24.5 Å². The van der Waals surface area contributed by atoms with Crippen LogP contribution in [0, 0.1) is 5.92 Å². The van der Waals surface area contributed by atoms with E-state index in [0.717, 1.165) is 18.8 Å². The summed E-state index contributed by atoms with van der Waals surface area (Å²) in [7, 11) is 0. The van der Waals surface area contributed by atoms with Gasteiger partial charge in [-0.2, -0.15) is 5.10 Å². The number of nitrogens with zero attached hydrogens (tertiary/aromatic N) is 3. The van der Waals surface area contributed by atoms with Crippen LogP contribution in [0.2, 0.25) is 0 Å². The van der Waals surface area contributed by atoms with Gasteiger partial charge in [-0.25, -0.2) is 4.68 Å². The van der Waals surface area contributed by atoms with E-state index in [1.807, 2.05) is 6.92 Å². The zero-order valence-corrected chi connectivity index (χ0v) is 13.0. The largest absolute Gasteiger partial charge is 0.375 e. The molecule has 1 aromatic rings. The minimum Gasteiger partial charge on any atom is -0.375 e. The van der Waals surface area contributed by atoms with Crippen LogP contribution in [0.15, 0.2) is 17.1 Å². The highest BCUT2D eigenvalue weighted by atomic mass is 16.5. The van der Waals surface area contributed by atoms with Gasteiger partial charge in [-0.05, 0) is 25.7 Å². The summed E-state index contributed by atoms with van der Waals surface area (Å²) in [6, 6.07) is 1.67. The monoisotopic (exact) mass is 294 g/mol. The van der Waals surface area contributed by atoms with Crippen molar-refractivity contribution in [2.24, 2.45) is 11.7 Å². The Kier molecular flexibility index (Phi) is 5.76. The molecule has 1 fully saturated rings. The van der Waals surface area contributed by atoms with Crippen LogP contribution in [0.25, 0.3) is 0 Å². The highest BCUT2D eigenvalue weighted by Gasteiger charge is 2.18. The molecule has 0 saturated carbocycles. The number of ether oxygens (including phenoxy) is 1. The number of anilines is 1. The van der Waals surface area contributed by atoms with Crippen LogP contribution in [0.4, 0.5) is 5.69 Å². The van der Waals surface area contributed by atoms with E-state index in [1.54, 1.807) is 12.3 Å². The highest BCUT2D eigenvalue weighted by Crippen LogP contribution is 2.20. The molecule has 1 aliphatic heterocycles. The second kappa shape index (κ2) is 7.56. The van der Waals surface area contributed by atoms with Crippen molar-refractivity contribution >= 4 is 5.69 Å². The van der Waals surface area contributed by atoms with E-state index in [0.29, 0.717) is 25.6 Å². The molecule has 0 amide bonds. The third kappa shape index (κ3) is 4.28. The number of nitrogens with two attached hydrogens (primary N) is 1. The van der Waals surface area contributed by atoms with Crippen molar-refractivity contribution in [2.75, 3.05) is 31.1 Å². The van der Waals surface area contributed by atoms with Crippen LogP contribution in [0.3, 0.4) is 0 Å². The van der Waals surface area contributed by atoms with Crippen molar-refractivity contribution in [3.8, 4) is 0 Å². The normalized spacial score (nSPS) is 20.5. The molecule has 2 rings (SSSR count). The number of hydrogen-bond donors (Lipinski definition) is 1. The molecule has 2 N–H and O–H groups in total. The van der Waals surface area contributed by atoms with Crippen LogP contribution < -0.4 is 16.2 Å². The Bertz CT molecular complexity index is 503. The van der Waals surface area contributed by atoms with Crippen molar-refractivity contribution in [2.45, 2.75) is 39.3 Å². The van der Waals surface area contributed by atoms with Gasteiger partial charge in [0.25, 0.3) is 5.56 Å². The van der Waals surface area contributed by atoms with E-state index in [-0.39, 0.29) is 11.7 Å². The van der Waals surface area contributed by atoms with Gasteiger partial charge >= 0.3 is 0 Å². The Labute approximate surface area is 125 Å². The molecule has 2 atom stereocenters. The van der Waals surface area contributed by atoms with Gasteiger partial charge in [-0.15, -0.1) is 0 Å². The summed E-state index contributed by atoms with van der Waals surface area (Å²) in [4.78, 5) is 14.4. The lowest BCUT2D eigenvalue weighted by Gasteiger charge is -2.32. The average molecular weight is 294 g/mol. The third-order valence-electron chi connectivity index (χ3n) is 3.92. The van der Waals surface area contributed by atoms with Crippen molar-refractivity contribution in [1.29, 1.82) is 0 Å². The molecule has 0 aliphatic carbocycles. The molecule has 6 heteroatoms. The van der Waals surface area contributed by atoms with Crippen LogP contribution in [-0.4, -0.2) is 42.1 Å². The zero-order valence-electron chi connectivity index (χ0n) is 13.0. The molecule has 1 aromatic heterocycles. The van der Waals surface area contributed by atoms with Crippen molar-refractivity contribution in [3.63, 3.8) is 0 Å². The molecule has 118 valence electrons. The minimum absolute atomic E-state index is 0.0936. The van der Waals surface area contributed by atoms with E-state index < -0.39 is 0 Å². The summed E-state index contributed by atoms with van der Waals surface area (Å²) in [5.74, 6) is 0.667. The smallest absolute Gasteiger partial charge is 0.268 e. The molecule has 0 bridgehead atoms. The van der Waals surface area contributed by atoms with E-state index in [2.05, 4.69) is 16.9 Å². The fourth-order valence-corrected chi connectivity index (χ4v) is 2.78. The molecule has 2 unspecified atom stereocenters. The van der Waals surface area contributed by atoms with Gasteiger partial charge in [-0.3, -0.25) is 4.79 Å². The van der Waals surface area contributed by atoms with Gasteiger partial charge in [0.1, 0.15) is 0 Å². The fraction of sp³-hybridized carbons (Fsp3) is 0.733. The summed E-state index contributed by atoms with van der Waals surface area (Å²) in [5.41, 5.74) is 6.47. The number of aromatic nitrogens is 2. The quantitative estimate of drug-likeness (QED) is 0.842. The Morgan fingerprint density at radius 3 is 3.00 bits per heavy atom. The van der Waals surface area contributed by atoms with Gasteiger partial charge < -0.3 is 15.4 Å². The predicted octanol–water partition coefficient (Wildman–Crippen LogP) is 0.843. The van der Waals surface area contributed by atoms with Gasteiger partial charge in [0, 0.05) is 32.3 Å². The fourth-order valence-electron chi connectivity index (χ4n) is 2.78. The minimum atomic E-state index is -0.166. The Balaban J connectivity index is 2.08. The first-order valence-corrected chi connectivity index (χ1v) is 7.77. The SMILES string of the molecule is CCOC(CN)Cn1ncc(N2CCCC(C)C2)cc1=O. The molecular formula is C15H26N4O2. The van der Waals surface area contributed by atoms with Crippen LogP contribution >= 0.6 is 0 Å². The van der Waals surface area contributed by atoms with Crippen molar-refractivity contribution in [3.05, 3.63) is 22.6 Å². The molecule has 0 aromatic carbocycles. The van der Waals surface area contributed by atoms with E-state index in [9.17, 15) is 4.79 Å². The molecule has 21 heavy (non-hydrogen) atoms. The Morgan fingerprint density at radius 2 is 2.38 bits per heavy atom. The summed E-state index contributed by atoms with van der Waals surface area (Å²) in [5, 5.41) is 4.28. The number of piperidine rings is 1. The first kappa shape index (κ1) is 16.0.